The maximum atomic E-state index is 11.7. The van der Waals surface area contributed by atoms with Crippen molar-refractivity contribution in [1.82, 2.24) is 14.9 Å². The Morgan fingerprint density at radius 2 is 2.56 bits per heavy atom. The summed E-state index contributed by atoms with van der Waals surface area (Å²) in [6.07, 6.45) is 5.36. The van der Waals surface area contributed by atoms with Gasteiger partial charge in [-0.05, 0) is 18.4 Å². The second kappa shape index (κ2) is 4.94. The summed E-state index contributed by atoms with van der Waals surface area (Å²) in [5, 5.41) is 6.68. The van der Waals surface area contributed by atoms with E-state index in [9.17, 15) is 4.79 Å². The van der Waals surface area contributed by atoms with E-state index in [1.165, 1.54) is 11.3 Å². The summed E-state index contributed by atoms with van der Waals surface area (Å²) in [6, 6.07) is 1.91. The molecule has 0 radical (unpaired) electrons. The molecule has 2 aromatic heterocycles. The summed E-state index contributed by atoms with van der Waals surface area (Å²) < 4.78 is 1.94. The number of nitrogens with zero attached hydrogens (tertiary/aromatic N) is 2. The summed E-state index contributed by atoms with van der Waals surface area (Å²) >= 11 is 1.52. The molecule has 0 aliphatic heterocycles. The van der Waals surface area contributed by atoms with E-state index in [0.717, 1.165) is 12.1 Å². The van der Waals surface area contributed by atoms with Crippen LogP contribution in [0.4, 0.5) is 0 Å². The number of amides is 1. The Morgan fingerprint density at radius 3 is 3.19 bits per heavy atom. The third-order valence-electron chi connectivity index (χ3n) is 2.20. The molecule has 0 fully saturated rings. The number of carbonyl (C=O) groups excluding carboxylic acids is 1. The van der Waals surface area contributed by atoms with Crippen LogP contribution >= 0.6 is 11.3 Å². The fraction of sp³-hybridized carbons (Fsp3) is 0.273. The van der Waals surface area contributed by atoms with Crippen molar-refractivity contribution in [3.63, 3.8) is 0 Å². The lowest BCUT2D eigenvalue weighted by Crippen LogP contribution is -2.35. The van der Waals surface area contributed by atoms with Crippen LogP contribution in [-0.2, 0) is 6.54 Å². The molecule has 0 aliphatic rings. The van der Waals surface area contributed by atoms with Gasteiger partial charge in [-0.1, -0.05) is 0 Å². The molecule has 2 rings (SSSR count). The first-order valence-electron chi connectivity index (χ1n) is 5.04. The van der Waals surface area contributed by atoms with Crippen LogP contribution < -0.4 is 5.32 Å². The van der Waals surface area contributed by atoms with Gasteiger partial charge in [0.2, 0.25) is 0 Å². The molecule has 2 heterocycles. The fourth-order valence-electron chi connectivity index (χ4n) is 1.46. The van der Waals surface area contributed by atoms with E-state index in [-0.39, 0.29) is 11.9 Å². The largest absolute Gasteiger partial charge is 0.348 e. The molecule has 0 unspecified atom stereocenters. The first-order valence-corrected chi connectivity index (χ1v) is 5.99. The van der Waals surface area contributed by atoms with E-state index in [2.05, 4.69) is 10.3 Å². The number of carbonyl (C=O) groups is 1. The third kappa shape index (κ3) is 2.70. The summed E-state index contributed by atoms with van der Waals surface area (Å²) in [4.78, 5) is 15.7. The van der Waals surface area contributed by atoms with Crippen molar-refractivity contribution in [3.8, 4) is 0 Å². The molecule has 84 valence electrons. The number of rotatable bonds is 4. The molecule has 16 heavy (non-hydrogen) atoms. The molecule has 4 nitrogen and oxygen atoms in total. The lowest BCUT2D eigenvalue weighted by Gasteiger charge is -2.13. The van der Waals surface area contributed by atoms with E-state index in [1.54, 1.807) is 12.5 Å². The Kier molecular flexibility index (Phi) is 3.36. The molecule has 5 heteroatoms. The van der Waals surface area contributed by atoms with Crippen LogP contribution in [0.1, 0.15) is 17.3 Å². The Labute approximate surface area is 97.9 Å². The third-order valence-corrected chi connectivity index (χ3v) is 2.89. The van der Waals surface area contributed by atoms with Gasteiger partial charge in [0.1, 0.15) is 0 Å². The predicted molar refractivity (Wildman–Crippen MR) is 63.5 cm³/mol. The minimum Gasteiger partial charge on any atom is -0.348 e. The van der Waals surface area contributed by atoms with Crippen LogP contribution in [0, 0.1) is 0 Å². The molecule has 0 saturated heterocycles. The van der Waals surface area contributed by atoms with E-state index >= 15 is 0 Å². The summed E-state index contributed by atoms with van der Waals surface area (Å²) in [7, 11) is 0. The molecule has 2 aromatic rings. The fourth-order valence-corrected chi connectivity index (χ4v) is 2.09. The highest BCUT2D eigenvalue weighted by atomic mass is 32.1. The van der Waals surface area contributed by atoms with Gasteiger partial charge < -0.3 is 9.88 Å². The van der Waals surface area contributed by atoms with Gasteiger partial charge in [-0.25, -0.2) is 4.98 Å². The van der Waals surface area contributed by atoms with Crippen LogP contribution in [0.15, 0.2) is 35.5 Å². The molecular formula is C11H13N3OS. The van der Waals surface area contributed by atoms with Gasteiger partial charge in [0, 0.05) is 35.9 Å². The Bertz CT molecular complexity index is 436. The molecule has 0 aromatic carbocycles. The van der Waals surface area contributed by atoms with E-state index in [1.807, 2.05) is 34.5 Å². The highest BCUT2D eigenvalue weighted by Gasteiger charge is 2.09. The van der Waals surface area contributed by atoms with Gasteiger partial charge in [0.25, 0.3) is 5.91 Å². The minimum atomic E-state index is -0.0196. The number of imidazole rings is 1. The van der Waals surface area contributed by atoms with E-state index in [4.69, 9.17) is 0 Å². The van der Waals surface area contributed by atoms with Crippen LogP contribution in [0.25, 0.3) is 0 Å². The summed E-state index contributed by atoms with van der Waals surface area (Å²) in [5.74, 6) is -0.0196. The zero-order chi connectivity index (χ0) is 11.4. The Morgan fingerprint density at radius 1 is 1.69 bits per heavy atom. The Hall–Kier alpha value is -1.62. The van der Waals surface area contributed by atoms with Gasteiger partial charge in [0.05, 0.1) is 6.33 Å². The average Bonchev–Trinajstić information content (AvgIpc) is 2.88. The molecule has 0 saturated carbocycles. The quantitative estimate of drug-likeness (QED) is 0.877. The van der Waals surface area contributed by atoms with E-state index in [0.29, 0.717) is 0 Å². The zero-order valence-electron chi connectivity index (χ0n) is 8.96. The predicted octanol–water partition coefficient (Wildman–Crippen LogP) is 1.76. The van der Waals surface area contributed by atoms with Crippen molar-refractivity contribution in [2.75, 3.05) is 0 Å². The summed E-state index contributed by atoms with van der Waals surface area (Å²) in [6.45, 7) is 2.71. The van der Waals surface area contributed by atoms with Crippen molar-refractivity contribution in [1.29, 1.82) is 0 Å². The van der Waals surface area contributed by atoms with Crippen molar-refractivity contribution >= 4 is 17.2 Å². The normalized spacial score (nSPS) is 12.3. The minimum absolute atomic E-state index is 0.0196. The maximum absolute atomic E-state index is 11.7. The number of thiophene rings is 1. The molecule has 0 spiro atoms. The zero-order valence-corrected chi connectivity index (χ0v) is 9.78. The monoisotopic (exact) mass is 235 g/mol. The first kappa shape index (κ1) is 10.9. The lowest BCUT2D eigenvalue weighted by molar-refractivity contribution is 0.0937. The van der Waals surface area contributed by atoms with Gasteiger partial charge in [-0.3, -0.25) is 4.79 Å². The molecule has 0 bridgehead atoms. The number of hydrogen-bond acceptors (Lipinski definition) is 3. The second-order valence-corrected chi connectivity index (χ2v) is 4.43. The molecule has 1 atom stereocenters. The molecular weight excluding hydrogens is 222 g/mol. The topological polar surface area (TPSA) is 46.9 Å². The van der Waals surface area contributed by atoms with Crippen LogP contribution in [-0.4, -0.2) is 21.5 Å². The summed E-state index contributed by atoms with van der Waals surface area (Å²) in [5.41, 5.74) is 0.725. The Balaban J connectivity index is 1.88. The van der Waals surface area contributed by atoms with Crippen molar-refractivity contribution < 1.29 is 4.79 Å². The van der Waals surface area contributed by atoms with Crippen molar-refractivity contribution in [2.24, 2.45) is 0 Å². The second-order valence-electron chi connectivity index (χ2n) is 3.65. The van der Waals surface area contributed by atoms with Gasteiger partial charge in [-0.2, -0.15) is 11.3 Å². The van der Waals surface area contributed by atoms with E-state index < -0.39 is 0 Å². The van der Waals surface area contributed by atoms with Crippen molar-refractivity contribution in [3.05, 3.63) is 41.1 Å². The number of hydrogen-bond donors (Lipinski definition) is 1. The number of aromatic nitrogens is 2. The van der Waals surface area contributed by atoms with Crippen LogP contribution in [0.2, 0.25) is 0 Å². The van der Waals surface area contributed by atoms with Crippen molar-refractivity contribution in [2.45, 2.75) is 19.5 Å². The van der Waals surface area contributed by atoms with Crippen LogP contribution in [0.3, 0.4) is 0 Å². The lowest BCUT2D eigenvalue weighted by atomic mass is 10.2. The van der Waals surface area contributed by atoms with Crippen LogP contribution in [0.5, 0.6) is 0 Å². The molecule has 0 aliphatic carbocycles. The average molecular weight is 235 g/mol. The smallest absolute Gasteiger partial charge is 0.252 e. The molecule has 1 N–H and O–H groups in total. The van der Waals surface area contributed by atoms with Gasteiger partial charge in [-0.15, -0.1) is 0 Å². The molecule has 1 amide bonds. The van der Waals surface area contributed by atoms with Gasteiger partial charge >= 0.3 is 0 Å². The standard InChI is InChI=1S/C11H13N3OS/c1-9(6-14-4-3-12-8-14)13-11(15)10-2-5-16-7-10/h2-5,7-9H,6H2,1H3,(H,13,15)/t9-/m1/s1. The van der Waals surface area contributed by atoms with Gasteiger partial charge in [0.15, 0.2) is 0 Å². The number of nitrogens with one attached hydrogen (secondary N) is 1. The maximum Gasteiger partial charge on any atom is 0.252 e. The highest BCUT2D eigenvalue weighted by Crippen LogP contribution is 2.06. The SMILES string of the molecule is C[C@H](Cn1ccnc1)NC(=O)c1ccsc1. The first-order chi connectivity index (χ1) is 7.75. The highest BCUT2D eigenvalue weighted by molar-refractivity contribution is 7.08.